The maximum atomic E-state index is 12.9. The first-order valence-corrected chi connectivity index (χ1v) is 11.4. The molecule has 33 heavy (non-hydrogen) atoms. The summed E-state index contributed by atoms with van der Waals surface area (Å²) in [4.78, 5) is 31.6. The summed E-state index contributed by atoms with van der Waals surface area (Å²) in [5.41, 5.74) is 1.76. The standard InChI is InChI=1S/C25H34N4O4/c1-4-13-27(18-24(30)26-22-7-5-6-8-23(22)33-3)19-25(31)29-16-14-28(15-17-29)20-9-11-21(32-2)12-10-20/h5-12H,4,13-19H2,1-3H3,(H,26,30). The maximum Gasteiger partial charge on any atom is 0.238 e. The molecule has 0 aliphatic carbocycles. The second kappa shape index (κ2) is 12.1. The maximum absolute atomic E-state index is 12.9. The van der Waals surface area contributed by atoms with E-state index in [9.17, 15) is 9.59 Å². The van der Waals surface area contributed by atoms with Crippen LogP contribution in [-0.2, 0) is 9.59 Å². The van der Waals surface area contributed by atoms with Crippen molar-refractivity contribution in [2.24, 2.45) is 0 Å². The molecule has 0 atom stereocenters. The number of rotatable bonds is 10. The zero-order valence-electron chi connectivity index (χ0n) is 19.8. The number of para-hydroxylation sites is 2. The number of benzene rings is 2. The molecule has 2 aromatic carbocycles. The van der Waals surface area contributed by atoms with Crippen molar-refractivity contribution in [1.29, 1.82) is 0 Å². The van der Waals surface area contributed by atoms with Crippen molar-refractivity contribution in [2.45, 2.75) is 13.3 Å². The van der Waals surface area contributed by atoms with Crippen LogP contribution in [-0.4, -0.2) is 81.6 Å². The Morgan fingerprint density at radius 2 is 1.64 bits per heavy atom. The van der Waals surface area contributed by atoms with Crippen LogP contribution >= 0.6 is 0 Å². The third kappa shape index (κ3) is 6.86. The third-order valence-electron chi connectivity index (χ3n) is 5.72. The van der Waals surface area contributed by atoms with E-state index >= 15 is 0 Å². The van der Waals surface area contributed by atoms with Crippen molar-refractivity contribution in [3.63, 3.8) is 0 Å². The van der Waals surface area contributed by atoms with Gasteiger partial charge in [-0.2, -0.15) is 0 Å². The summed E-state index contributed by atoms with van der Waals surface area (Å²) in [7, 11) is 3.23. The lowest BCUT2D eigenvalue weighted by atomic mass is 10.2. The van der Waals surface area contributed by atoms with Gasteiger partial charge in [-0.3, -0.25) is 14.5 Å². The summed E-state index contributed by atoms with van der Waals surface area (Å²) in [6.45, 7) is 6.00. The summed E-state index contributed by atoms with van der Waals surface area (Å²) in [6.07, 6.45) is 0.862. The number of carbonyl (C=O) groups excluding carboxylic acids is 2. The molecule has 1 aliphatic heterocycles. The highest BCUT2D eigenvalue weighted by molar-refractivity contribution is 5.94. The number of amides is 2. The molecule has 1 N–H and O–H groups in total. The van der Waals surface area contributed by atoms with Crippen LogP contribution in [0.1, 0.15) is 13.3 Å². The highest BCUT2D eigenvalue weighted by Gasteiger charge is 2.24. The summed E-state index contributed by atoms with van der Waals surface area (Å²) in [6, 6.07) is 15.3. The van der Waals surface area contributed by atoms with E-state index in [1.165, 1.54) is 0 Å². The van der Waals surface area contributed by atoms with Crippen LogP contribution in [0.2, 0.25) is 0 Å². The number of carbonyl (C=O) groups is 2. The molecule has 8 nitrogen and oxygen atoms in total. The van der Waals surface area contributed by atoms with Crippen LogP contribution < -0.4 is 19.7 Å². The van der Waals surface area contributed by atoms with Crippen LogP contribution in [0.3, 0.4) is 0 Å². The SMILES string of the molecule is CCCN(CC(=O)Nc1ccccc1OC)CC(=O)N1CCN(c2ccc(OC)cc2)CC1. The first-order chi connectivity index (χ1) is 16.0. The second-order valence-electron chi connectivity index (χ2n) is 8.02. The minimum Gasteiger partial charge on any atom is -0.497 e. The number of hydrogen-bond donors (Lipinski definition) is 1. The molecule has 0 bridgehead atoms. The van der Waals surface area contributed by atoms with Crippen molar-refractivity contribution in [3.8, 4) is 11.5 Å². The first-order valence-electron chi connectivity index (χ1n) is 11.4. The second-order valence-corrected chi connectivity index (χ2v) is 8.02. The molecule has 0 unspecified atom stereocenters. The van der Waals surface area contributed by atoms with Crippen LogP contribution in [0.5, 0.6) is 11.5 Å². The van der Waals surface area contributed by atoms with Crippen molar-refractivity contribution in [1.82, 2.24) is 9.80 Å². The fourth-order valence-corrected chi connectivity index (χ4v) is 3.97. The number of nitrogens with zero attached hydrogens (tertiary/aromatic N) is 3. The van der Waals surface area contributed by atoms with Crippen molar-refractivity contribution in [3.05, 3.63) is 48.5 Å². The molecular weight excluding hydrogens is 420 g/mol. The number of anilines is 2. The van der Waals surface area contributed by atoms with Gasteiger partial charge < -0.3 is 24.6 Å². The Kier molecular flexibility index (Phi) is 8.95. The average molecular weight is 455 g/mol. The number of hydrogen-bond acceptors (Lipinski definition) is 6. The van der Waals surface area contributed by atoms with E-state index in [4.69, 9.17) is 9.47 Å². The van der Waals surface area contributed by atoms with Gasteiger partial charge in [-0.05, 0) is 49.4 Å². The quantitative estimate of drug-likeness (QED) is 0.595. The van der Waals surface area contributed by atoms with Gasteiger partial charge >= 0.3 is 0 Å². The van der Waals surface area contributed by atoms with E-state index in [0.717, 1.165) is 30.9 Å². The zero-order chi connectivity index (χ0) is 23.6. The van der Waals surface area contributed by atoms with Crippen LogP contribution in [0.4, 0.5) is 11.4 Å². The van der Waals surface area contributed by atoms with Gasteiger partial charge in [-0.1, -0.05) is 19.1 Å². The van der Waals surface area contributed by atoms with Gasteiger partial charge in [0.15, 0.2) is 0 Å². The zero-order valence-corrected chi connectivity index (χ0v) is 19.8. The molecule has 2 aromatic rings. The monoisotopic (exact) mass is 454 g/mol. The summed E-state index contributed by atoms with van der Waals surface area (Å²) in [5.74, 6) is 1.34. The predicted octanol–water partition coefficient (Wildman–Crippen LogP) is 2.70. The van der Waals surface area contributed by atoms with E-state index < -0.39 is 0 Å². The molecule has 1 heterocycles. The Labute approximate surface area is 196 Å². The van der Waals surface area contributed by atoms with Gasteiger partial charge in [0.2, 0.25) is 11.8 Å². The van der Waals surface area contributed by atoms with Gasteiger partial charge in [0.05, 0.1) is 33.0 Å². The fraction of sp³-hybridized carbons (Fsp3) is 0.440. The number of nitrogens with one attached hydrogen (secondary N) is 1. The largest absolute Gasteiger partial charge is 0.497 e. The highest BCUT2D eigenvalue weighted by atomic mass is 16.5. The van der Waals surface area contributed by atoms with Gasteiger partial charge in [-0.25, -0.2) is 0 Å². The van der Waals surface area contributed by atoms with Crippen LogP contribution in [0, 0.1) is 0 Å². The third-order valence-corrected chi connectivity index (χ3v) is 5.72. The Morgan fingerprint density at radius 3 is 2.27 bits per heavy atom. The van der Waals surface area contributed by atoms with Crippen LogP contribution in [0.25, 0.3) is 0 Å². The minimum absolute atomic E-state index is 0.0583. The number of methoxy groups -OCH3 is 2. The molecular formula is C25H34N4O4. The summed E-state index contributed by atoms with van der Waals surface area (Å²) in [5, 5.41) is 2.89. The molecule has 178 valence electrons. The highest BCUT2D eigenvalue weighted by Crippen LogP contribution is 2.23. The Morgan fingerprint density at radius 1 is 0.939 bits per heavy atom. The molecule has 1 saturated heterocycles. The Hall–Kier alpha value is -3.26. The average Bonchev–Trinajstić information content (AvgIpc) is 2.84. The lowest BCUT2D eigenvalue weighted by Gasteiger charge is -2.37. The topological polar surface area (TPSA) is 74.4 Å². The summed E-state index contributed by atoms with van der Waals surface area (Å²) >= 11 is 0. The van der Waals surface area contributed by atoms with Crippen LogP contribution in [0.15, 0.2) is 48.5 Å². The van der Waals surface area contributed by atoms with Crippen molar-refractivity contribution >= 4 is 23.2 Å². The van der Waals surface area contributed by atoms with Gasteiger partial charge in [-0.15, -0.1) is 0 Å². The smallest absolute Gasteiger partial charge is 0.238 e. The van der Waals surface area contributed by atoms with Gasteiger partial charge in [0.25, 0.3) is 0 Å². The molecule has 0 radical (unpaired) electrons. The first kappa shape index (κ1) is 24.4. The van der Waals surface area contributed by atoms with E-state index in [-0.39, 0.29) is 24.9 Å². The lowest BCUT2D eigenvalue weighted by Crippen LogP contribution is -2.52. The van der Waals surface area contributed by atoms with E-state index in [0.29, 0.717) is 31.1 Å². The summed E-state index contributed by atoms with van der Waals surface area (Å²) < 4.78 is 10.5. The normalized spacial score (nSPS) is 13.7. The van der Waals surface area contributed by atoms with E-state index in [2.05, 4.69) is 10.2 Å². The van der Waals surface area contributed by atoms with E-state index in [1.54, 1.807) is 26.4 Å². The Bertz CT molecular complexity index is 911. The molecule has 8 heteroatoms. The van der Waals surface area contributed by atoms with Gasteiger partial charge in [0.1, 0.15) is 11.5 Å². The number of piperazine rings is 1. The predicted molar refractivity (Wildman–Crippen MR) is 130 cm³/mol. The van der Waals surface area contributed by atoms with Gasteiger partial charge in [0, 0.05) is 31.9 Å². The lowest BCUT2D eigenvalue weighted by molar-refractivity contribution is -0.133. The Balaban J connectivity index is 1.50. The molecule has 0 aromatic heterocycles. The molecule has 1 fully saturated rings. The van der Waals surface area contributed by atoms with Crippen molar-refractivity contribution in [2.75, 3.05) is 70.2 Å². The molecule has 2 amide bonds. The number of ether oxygens (including phenoxy) is 2. The minimum atomic E-state index is -0.162. The molecule has 0 saturated carbocycles. The molecule has 1 aliphatic rings. The fourth-order valence-electron chi connectivity index (χ4n) is 3.97. The molecule has 3 rings (SSSR count). The van der Waals surface area contributed by atoms with E-state index in [1.807, 2.05) is 53.1 Å². The van der Waals surface area contributed by atoms with Crippen molar-refractivity contribution < 1.29 is 19.1 Å². The molecule has 0 spiro atoms.